The number of fused-ring (bicyclic) bond motifs is 1. The van der Waals surface area contributed by atoms with Gasteiger partial charge in [0.2, 0.25) is 0 Å². The molecule has 0 spiro atoms. The average molecular weight is 396 g/mol. The third-order valence-corrected chi connectivity index (χ3v) is 4.38. The number of nitrogens with one attached hydrogen (secondary N) is 3. The fourth-order valence-corrected chi connectivity index (χ4v) is 2.89. The van der Waals surface area contributed by atoms with Gasteiger partial charge in [-0.05, 0) is 36.4 Å². The third kappa shape index (κ3) is 3.33. The highest BCUT2D eigenvalue weighted by Crippen LogP contribution is 2.30. The van der Waals surface area contributed by atoms with Gasteiger partial charge in [0.15, 0.2) is 11.4 Å². The minimum Gasteiger partial charge on any atom is -0.459 e. The van der Waals surface area contributed by atoms with Crippen molar-refractivity contribution in [3.8, 4) is 11.4 Å². The van der Waals surface area contributed by atoms with Crippen LogP contribution >= 0.6 is 11.6 Å². The second kappa shape index (κ2) is 7.16. The van der Waals surface area contributed by atoms with Crippen LogP contribution in [0, 0.1) is 0 Å². The van der Waals surface area contributed by atoms with Crippen LogP contribution in [0.2, 0.25) is 5.02 Å². The van der Waals surface area contributed by atoms with Gasteiger partial charge < -0.3 is 20.0 Å². The molecule has 1 aromatic carbocycles. The van der Waals surface area contributed by atoms with Gasteiger partial charge in [0.05, 0.1) is 22.4 Å². The van der Waals surface area contributed by atoms with Crippen molar-refractivity contribution < 1.29 is 14.0 Å². The summed E-state index contributed by atoms with van der Waals surface area (Å²) in [7, 11) is 1.55. The maximum absolute atomic E-state index is 12.2. The smallest absolute Gasteiger partial charge is 0.291 e. The lowest BCUT2D eigenvalue weighted by Crippen LogP contribution is -2.17. The van der Waals surface area contributed by atoms with Crippen LogP contribution in [-0.2, 0) is 0 Å². The first-order valence-electron chi connectivity index (χ1n) is 8.28. The van der Waals surface area contributed by atoms with Crippen LogP contribution in [0.15, 0.2) is 53.3 Å². The van der Waals surface area contributed by atoms with E-state index in [1.165, 1.54) is 12.5 Å². The molecule has 0 unspecified atom stereocenters. The minimum absolute atomic E-state index is 0.200. The number of aromatic amines is 1. The second-order valence-corrected chi connectivity index (χ2v) is 6.29. The highest BCUT2D eigenvalue weighted by Gasteiger charge is 2.14. The number of carbonyl (C=O) groups is 2. The zero-order chi connectivity index (χ0) is 19.7. The summed E-state index contributed by atoms with van der Waals surface area (Å²) in [4.78, 5) is 35.7. The van der Waals surface area contributed by atoms with E-state index in [1.807, 2.05) is 0 Å². The van der Waals surface area contributed by atoms with E-state index < -0.39 is 0 Å². The molecule has 140 valence electrons. The molecule has 28 heavy (non-hydrogen) atoms. The molecule has 3 heterocycles. The van der Waals surface area contributed by atoms with Crippen molar-refractivity contribution in [3.05, 3.63) is 65.2 Å². The Labute approximate surface area is 163 Å². The topological polar surface area (TPSA) is 113 Å². The fraction of sp³-hybridized carbons (Fsp3) is 0.0526. The van der Waals surface area contributed by atoms with E-state index in [4.69, 9.17) is 16.0 Å². The third-order valence-electron chi connectivity index (χ3n) is 4.05. The molecule has 8 nitrogen and oxygen atoms in total. The Morgan fingerprint density at radius 3 is 2.79 bits per heavy atom. The number of amides is 2. The van der Waals surface area contributed by atoms with E-state index in [0.717, 1.165) is 0 Å². The Morgan fingerprint density at radius 2 is 2.04 bits per heavy atom. The van der Waals surface area contributed by atoms with E-state index >= 15 is 0 Å². The molecule has 4 aromatic rings. The number of hydrogen-bond donors (Lipinski definition) is 3. The Bertz CT molecular complexity index is 1180. The van der Waals surface area contributed by atoms with Gasteiger partial charge in [-0.15, -0.1) is 0 Å². The molecule has 0 saturated carbocycles. The molecule has 0 aliphatic heterocycles. The number of aromatic nitrogens is 3. The summed E-state index contributed by atoms with van der Waals surface area (Å²) in [5, 5.41) is 5.74. The molecule has 0 radical (unpaired) electrons. The molecule has 2 amide bonds. The van der Waals surface area contributed by atoms with Gasteiger partial charge in [-0.25, -0.2) is 9.97 Å². The van der Waals surface area contributed by atoms with Gasteiger partial charge in [0.1, 0.15) is 5.82 Å². The first-order valence-corrected chi connectivity index (χ1v) is 8.65. The Kier molecular flexibility index (Phi) is 4.54. The van der Waals surface area contributed by atoms with Crippen LogP contribution in [0.4, 0.5) is 5.69 Å². The number of H-pyrrole nitrogens is 1. The summed E-state index contributed by atoms with van der Waals surface area (Å²) in [6, 6.07) is 9.90. The van der Waals surface area contributed by atoms with Crippen LogP contribution < -0.4 is 10.6 Å². The van der Waals surface area contributed by atoms with Crippen molar-refractivity contribution in [1.82, 2.24) is 20.3 Å². The summed E-state index contributed by atoms with van der Waals surface area (Å²) in [6.45, 7) is 0. The van der Waals surface area contributed by atoms with Gasteiger partial charge in [-0.1, -0.05) is 11.6 Å². The average Bonchev–Trinajstić information content (AvgIpc) is 3.38. The first-order chi connectivity index (χ1) is 13.5. The molecule has 0 aliphatic rings. The maximum Gasteiger partial charge on any atom is 0.291 e. The largest absolute Gasteiger partial charge is 0.459 e. The summed E-state index contributed by atoms with van der Waals surface area (Å²) < 4.78 is 5.09. The molecule has 0 fully saturated rings. The van der Waals surface area contributed by atoms with Gasteiger partial charge >= 0.3 is 0 Å². The number of nitrogens with zero attached hydrogens (tertiary/aromatic N) is 2. The van der Waals surface area contributed by atoms with Crippen LogP contribution in [0.5, 0.6) is 0 Å². The van der Waals surface area contributed by atoms with Crippen molar-refractivity contribution in [2.75, 3.05) is 12.4 Å². The fourth-order valence-electron chi connectivity index (χ4n) is 2.68. The molecular weight excluding hydrogens is 382 g/mol. The molecule has 3 N–H and O–H groups in total. The number of halogens is 1. The monoisotopic (exact) mass is 395 g/mol. The second-order valence-electron chi connectivity index (χ2n) is 5.89. The summed E-state index contributed by atoms with van der Waals surface area (Å²) in [5.41, 5.74) is 2.57. The highest BCUT2D eigenvalue weighted by molar-refractivity contribution is 6.33. The van der Waals surface area contributed by atoms with Crippen molar-refractivity contribution in [2.24, 2.45) is 0 Å². The lowest BCUT2D eigenvalue weighted by Gasteiger charge is -2.07. The van der Waals surface area contributed by atoms with E-state index in [0.29, 0.717) is 38.8 Å². The quantitative estimate of drug-likeness (QED) is 0.489. The van der Waals surface area contributed by atoms with Gasteiger partial charge in [-0.2, -0.15) is 0 Å². The molecule has 0 saturated heterocycles. The van der Waals surface area contributed by atoms with Crippen molar-refractivity contribution >= 4 is 40.3 Å². The zero-order valence-corrected chi connectivity index (χ0v) is 15.4. The number of imidazole rings is 1. The Hall–Kier alpha value is -3.65. The van der Waals surface area contributed by atoms with E-state index in [2.05, 4.69) is 25.6 Å². The lowest BCUT2D eigenvalue weighted by molar-refractivity contribution is 0.0961. The predicted octanol–water partition coefficient (Wildman–Crippen LogP) is 3.48. The normalized spacial score (nSPS) is 10.8. The predicted molar refractivity (Wildman–Crippen MR) is 104 cm³/mol. The maximum atomic E-state index is 12.2. The van der Waals surface area contributed by atoms with Crippen molar-refractivity contribution in [2.45, 2.75) is 0 Å². The van der Waals surface area contributed by atoms with Crippen LogP contribution in [-0.4, -0.2) is 33.8 Å². The lowest BCUT2D eigenvalue weighted by atomic mass is 10.2. The molecule has 0 atom stereocenters. The summed E-state index contributed by atoms with van der Waals surface area (Å²) in [5.74, 6) is 0.0489. The molecule has 4 rings (SSSR count). The van der Waals surface area contributed by atoms with Crippen LogP contribution in [0.25, 0.3) is 22.6 Å². The van der Waals surface area contributed by atoms with E-state index in [1.54, 1.807) is 43.4 Å². The molecule has 0 bridgehead atoms. The summed E-state index contributed by atoms with van der Waals surface area (Å²) in [6.07, 6.45) is 2.88. The highest BCUT2D eigenvalue weighted by atomic mass is 35.5. The number of furan rings is 1. The van der Waals surface area contributed by atoms with Gasteiger partial charge in [0.25, 0.3) is 11.8 Å². The number of pyridine rings is 1. The van der Waals surface area contributed by atoms with Crippen LogP contribution in [0.1, 0.15) is 20.9 Å². The summed E-state index contributed by atoms with van der Waals surface area (Å²) >= 11 is 6.32. The molecular formula is C19H14ClN5O3. The van der Waals surface area contributed by atoms with Crippen LogP contribution in [0.3, 0.4) is 0 Å². The number of hydrogen-bond acceptors (Lipinski definition) is 5. The minimum atomic E-state index is -0.375. The van der Waals surface area contributed by atoms with Gasteiger partial charge in [0, 0.05) is 24.5 Å². The Morgan fingerprint density at radius 1 is 1.18 bits per heavy atom. The number of carbonyl (C=O) groups excluding carboxylic acids is 2. The molecule has 9 heteroatoms. The Balaban J connectivity index is 1.68. The number of benzene rings is 1. The zero-order valence-electron chi connectivity index (χ0n) is 14.6. The number of anilines is 1. The molecule has 0 aliphatic carbocycles. The SMILES string of the molecule is CNC(=O)c1cnc2nc(-c3cc(NC(=O)c4ccco4)ccc3Cl)[nH]c2c1. The van der Waals surface area contributed by atoms with E-state index in [9.17, 15) is 9.59 Å². The van der Waals surface area contributed by atoms with Crippen molar-refractivity contribution in [3.63, 3.8) is 0 Å². The van der Waals surface area contributed by atoms with Gasteiger partial charge in [-0.3, -0.25) is 9.59 Å². The van der Waals surface area contributed by atoms with Crippen molar-refractivity contribution in [1.29, 1.82) is 0 Å². The molecule has 3 aromatic heterocycles. The van der Waals surface area contributed by atoms with E-state index in [-0.39, 0.29) is 17.6 Å². The first kappa shape index (κ1) is 17.7. The number of rotatable bonds is 4. The standard InChI is InChI=1S/C19H14ClN5O3/c1-21-18(26)10-7-14-17(22-9-10)25-16(24-14)12-8-11(4-5-13(12)20)23-19(27)15-3-2-6-28-15/h2-9H,1H3,(H,21,26)(H,23,27)(H,22,24,25).